The molecule has 118 valence electrons. The van der Waals surface area contributed by atoms with Crippen LogP contribution in [0, 0.1) is 0 Å². The molecule has 5 heteroatoms. The van der Waals surface area contributed by atoms with Crippen LogP contribution in [0.4, 0.5) is 0 Å². The Bertz CT molecular complexity index is 939. The minimum Gasteiger partial charge on any atom is -0.317 e. The van der Waals surface area contributed by atoms with Crippen LogP contribution >= 0.6 is 22.7 Å². The van der Waals surface area contributed by atoms with Crippen LogP contribution in [0.1, 0.15) is 21.7 Å². The molecule has 0 radical (unpaired) electrons. The third-order valence-corrected chi connectivity index (χ3v) is 5.21. The van der Waals surface area contributed by atoms with Gasteiger partial charge in [-0.15, -0.1) is 0 Å². The van der Waals surface area contributed by atoms with Gasteiger partial charge in [0, 0.05) is 28.4 Å². The quantitative estimate of drug-likeness (QED) is 0.477. The monoisotopic (exact) mass is 350 g/mol. The van der Waals surface area contributed by atoms with Crippen molar-refractivity contribution in [3.8, 4) is 11.3 Å². The van der Waals surface area contributed by atoms with Crippen molar-refractivity contribution in [2.75, 3.05) is 0 Å². The van der Waals surface area contributed by atoms with Gasteiger partial charge in [-0.1, -0.05) is 30.3 Å². The molecule has 0 aliphatic carbocycles. The fourth-order valence-electron chi connectivity index (χ4n) is 2.65. The van der Waals surface area contributed by atoms with Gasteiger partial charge in [0.25, 0.3) is 0 Å². The van der Waals surface area contributed by atoms with Crippen LogP contribution in [-0.2, 0) is 6.54 Å². The summed E-state index contributed by atoms with van der Waals surface area (Å²) in [7, 11) is 0. The van der Waals surface area contributed by atoms with Crippen LogP contribution in [0.2, 0.25) is 0 Å². The van der Waals surface area contributed by atoms with E-state index in [-0.39, 0.29) is 5.78 Å². The predicted molar refractivity (Wildman–Crippen MR) is 98.8 cm³/mol. The van der Waals surface area contributed by atoms with Crippen molar-refractivity contribution in [2.24, 2.45) is 0 Å². The molecule has 0 N–H and O–H groups in total. The van der Waals surface area contributed by atoms with Crippen LogP contribution in [0.15, 0.2) is 70.2 Å². The Balaban J connectivity index is 1.81. The molecule has 3 nitrogen and oxygen atoms in total. The molecule has 0 saturated heterocycles. The second-order valence-corrected chi connectivity index (χ2v) is 6.95. The zero-order chi connectivity index (χ0) is 16.4. The molecule has 0 aliphatic rings. The maximum absolute atomic E-state index is 12.8. The van der Waals surface area contributed by atoms with E-state index in [0.717, 1.165) is 16.8 Å². The highest BCUT2D eigenvalue weighted by molar-refractivity contribution is 7.08. The molecule has 0 saturated carbocycles. The largest absolute Gasteiger partial charge is 0.317 e. The molecule has 0 spiro atoms. The van der Waals surface area contributed by atoms with Crippen molar-refractivity contribution in [3.63, 3.8) is 0 Å². The summed E-state index contributed by atoms with van der Waals surface area (Å²) < 4.78 is 2.01. The number of carbonyl (C=O) groups excluding carboxylic acids is 1. The lowest BCUT2D eigenvalue weighted by molar-refractivity contribution is 0.102. The number of hydrogen-bond acceptors (Lipinski definition) is 4. The van der Waals surface area contributed by atoms with Crippen molar-refractivity contribution in [1.29, 1.82) is 0 Å². The third-order valence-electron chi connectivity index (χ3n) is 3.84. The Hall–Kier alpha value is -2.50. The van der Waals surface area contributed by atoms with Gasteiger partial charge in [-0.25, -0.2) is 4.98 Å². The van der Waals surface area contributed by atoms with Gasteiger partial charge in [-0.3, -0.25) is 4.79 Å². The Morgan fingerprint density at radius 2 is 1.79 bits per heavy atom. The highest BCUT2D eigenvalue weighted by Crippen LogP contribution is 2.26. The second-order valence-electron chi connectivity index (χ2n) is 5.39. The highest BCUT2D eigenvalue weighted by Gasteiger charge is 2.20. The summed E-state index contributed by atoms with van der Waals surface area (Å²) in [4.78, 5) is 17.3. The van der Waals surface area contributed by atoms with Gasteiger partial charge in [0.05, 0.1) is 11.9 Å². The number of nitrogens with zero attached hydrogens (tertiary/aromatic N) is 2. The van der Waals surface area contributed by atoms with E-state index in [1.165, 1.54) is 11.3 Å². The number of thiophene rings is 2. The number of rotatable bonds is 5. The molecule has 0 atom stereocenters. The van der Waals surface area contributed by atoms with Crippen LogP contribution in [0.25, 0.3) is 11.3 Å². The van der Waals surface area contributed by atoms with E-state index >= 15 is 0 Å². The molecule has 0 amide bonds. The number of carbonyl (C=O) groups is 1. The maximum Gasteiger partial charge on any atom is 0.229 e. The summed E-state index contributed by atoms with van der Waals surface area (Å²) in [6.07, 6.45) is 1.80. The first-order valence-corrected chi connectivity index (χ1v) is 9.40. The van der Waals surface area contributed by atoms with Crippen molar-refractivity contribution < 1.29 is 4.79 Å². The lowest BCUT2D eigenvalue weighted by atomic mass is 10.2. The lowest BCUT2D eigenvalue weighted by Gasteiger charge is -2.11. The predicted octanol–water partition coefficient (Wildman–Crippen LogP) is 4.95. The van der Waals surface area contributed by atoms with Crippen LogP contribution < -0.4 is 0 Å². The number of aromatic nitrogens is 2. The summed E-state index contributed by atoms with van der Waals surface area (Å²) >= 11 is 3.16. The first kappa shape index (κ1) is 15.1. The molecule has 0 fully saturated rings. The first-order chi connectivity index (χ1) is 11.8. The van der Waals surface area contributed by atoms with Crippen LogP contribution in [0.5, 0.6) is 0 Å². The van der Waals surface area contributed by atoms with Gasteiger partial charge >= 0.3 is 0 Å². The topological polar surface area (TPSA) is 34.9 Å². The molecule has 3 aromatic heterocycles. The van der Waals surface area contributed by atoms with Crippen molar-refractivity contribution in [1.82, 2.24) is 9.55 Å². The maximum atomic E-state index is 12.8. The fourth-order valence-corrected chi connectivity index (χ4v) is 3.93. The van der Waals surface area contributed by atoms with Crippen molar-refractivity contribution >= 4 is 28.5 Å². The summed E-state index contributed by atoms with van der Waals surface area (Å²) in [5, 5.41) is 7.90. The van der Waals surface area contributed by atoms with E-state index in [0.29, 0.717) is 17.9 Å². The van der Waals surface area contributed by atoms with E-state index in [4.69, 9.17) is 0 Å². The summed E-state index contributed by atoms with van der Waals surface area (Å²) in [6, 6.07) is 14.1. The molecule has 4 rings (SSSR count). The van der Waals surface area contributed by atoms with E-state index in [1.807, 2.05) is 45.0 Å². The Kier molecular flexibility index (Phi) is 4.11. The van der Waals surface area contributed by atoms with Gasteiger partial charge in [0.15, 0.2) is 5.82 Å². The standard InChI is InChI=1S/C19H14N2OS2/c22-18(16-7-9-24-13-16)19-20-10-17(15-6-8-23-12-15)21(19)11-14-4-2-1-3-5-14/h1-10,12-13H,11H2. The number of ketones is 1. The number of benzene rings is 1. The average Bonchev–Trinajstić information content (AvgIpc) is 3.36. The first-order valence-electron chi connectivity index (χ1n) is 7.52. The van der Waals surface area contributed by atoms with Crippen LogP contribution in [-0.4, -0.2) is 15.3 Å². The van der Waals surface area contributed by atoms with Crippen molar-refractivity contribution in [2.45, 2.75) is 6.54 Å². The Labute approximate surface area is 147 Å². The van der Waals surface area contributed by atoms with E-state index < -0.39 is 0 Å². The molecule has 3 heterocycles. The molecule has 4 aromatic rings. The SMILES string of the molecule is O=C(c1ccsc1)c1ncc(-c2ccsc2)n1Cc1ccccc1. The van der Waals surface area contributed by atoms with Gasteiger partial charge in [0.2, 0.25) is 5.78 Å². The van der Waals surface area contributed by atoms with E-state index in [2.05, 4.69) is 28.6 Å². The molecular weight excluding hydrogens is 336 g/mol. The Morgan fingerprint density at radius 3 is 2.50 bits per heavy atom. The summed E-state index contributed by atoms with van der Waals surface area (Å²) in [5.41, 5.74) is 3.90. The Morgan fingerprint density at radius 1 is 1.00 bits per heavy atom. The minimum absolute atomic E-state index is 0.0336. The number of imidazole rings is 1. The summed E-state index contributed by atoms with van der Waals surface area (Å²) in [6.45, 7) is 0.622. The normalized spacial score (nSPS) is 10.8. The van der Waals surface area contributed by atoms with Gasteiger partial charge in [-0.2, -0.15) is 22.7 Å². The van der Waals surface area contributed by atoms with Crippen LogP contribution in [0.3, 0.4) is 0 Å². The third kappa shape index (κ3) is 2.84. The fraction of sp³-hybridized carbons (Fsp3) is 0.0526. The highest BCUT2D eigenvalue weighted by atomic mass is 32.1. The second kappa shape index (κ2) is 6.55. The minimum atomic E-state index is -0.0336. The van der Waals surface area contributed by atoms with Gasteiger partial charge in [-0.05, 0) is 28.5 Å². The van der Waals surface area contributed by atoms with Crippen molar-refractivity contribution in [3.05, 3.63) is 87.1 Å². The smallest absolute Gasteiger partial charge is 0.229 e. The molecule has 24 heavy (non-hydrogen) atoms. The zero-order valence-electron chi connectivity index (χ0n) is 12.8. The van der Waals surface area contributed by atoms with E-state index in [1.54, 1.807) is 17.5 Å². The molecular formula is C19H14N2OS2. The molecule has 0 bridgehead atoms. The zero-order valence-corrected chi connectivity index (χ0v) is 14.4. The average molecular weight is 350 g/mol. The number of hydrogen-bond donors (Lipinski definition) is 0. The van der Waals surface area contributed by atoms with Gasteiger partial charge in [0.1, 0.15) is 0 Å². The molecule has 1 aromatic carbocycles. The van der Waals surface area contributed by atoms with E-state index in [9.17, 15) is 4.79 Å². The lowest BCUT2D eigenvalue weighted by Crippen LogP contribution is -2.13. The summed E-state index contributed by atoms with van der Waals surface area (Å²) in [5.74, 6) is 0.451. The van der Waals surface area contributed by atoms with Gasteiger partial charge < -0.3 is 4.57 Å². The molecule has 0 unspecified atom stereocenters. The molecule has 0 aliphatic heterocycles.